The minimum absolute atomic E-state index is 0.127. The van der Waals surface area contributed by atoms with E-state index in [1.54, 1.807) is 24.3 Å². The van der Waals surface area contributed by atoms with Gasteiger partial charge in [-0.3, -0.25) is 4.79 Å². The van der Waals surface area contributed by atoms with Gasteiger partial charge < -0.3 is 10.1 Å². The molecule has 4 nitrogen and oxygen atoms in total. The summed E-state index contributed by atoms with van der Waals surface area (Å²) >= 11 is 12.9. The number of rotatable bonds is 4. The lowest BCUT2D eigenvalue weighted by Gasteiger charge is -2.07. The molecule has 0 saturated carbocycles. The Morgan fingerprint density at radius 2 is 2.21 bits per heavy atom. The Hall–Kier alpha value is -1.30. The van der Waals surface area contributed by atoms with Gasteiger partial charge in [-0.05, 0) is 42.7 Å². The lowest BCUT2D eigenvalue weighted by Crippen LogP contribution is -2.19. The van der Waals surface area contributed by atoms with E-state index in [0.29, 0.717) is 20.8 Å². The number of anilines is 1. The van der Waals surface area contributed by atoms with Crippen molar-refractivity contribution in [2.24, 2.45) is 0 Å². The summed E-state index contributed by atoms with van der Waals surface area (Å²) in [5.41, 5.74) is 0.863. The lowest BCUT2D eigenvalue weighted by molar-refractivity contribution is -0.118. The highest BCUT2D eigenvalue weighted by molar-refractivity contribution is 7.10. The number of benzene rings is 1. The van der Waals surface area contributed by atoms with Crippen LogP contribution in [0, 0.1) is 6.92 Å². The maximum Gasteiger partial charge on any atom is 0.262 e. The summed E-state index contributed by atoms with van der Waals surface area (Å²) in [5.74, 6) is 0.149. The SMILES string of the molecule is Cc1cc(NC(=O)COc2ccc(Cl)cc2Cl)sn1. The van der Waals surface area contributed by atoms with Gasteiger partial charge in [0.2, 0.25) is 0 Å². The Kier molecular flexibility index (Phi) is 4.63. The molecule has 0 aliphatic rings. The van der Waals surface area contributed by atoms with Crippen LogP contribution in [0.25, 0.3) is 0 Å². The van der Waals surface area contributed by atoms with E-state index >= 15 is 0 Å². The molecule has 0 atom stereocenters. The standard InChI is InChI=1S/C12H10Cl2N2O2S/c1-7-4-12(19-16-7)15-11(17)6-18-10-3-2-8(13)5-9(10)14/h2-5H,6H2,1H3,(H,15,17). The Morgan fingerprint density at radius 3 is 2.84 bits per heavy atom. The van der Waals surface area contributed by atoms with Crippen molar-refractivity contribution in [3.05, 3.63) is 40.0 Å². The summed E-state index contributed by atoms with van der Waals surface area (Å²) < 4.78 is 9.38. The summed E-state index contributed by atoms with van der Waals surface area (Å²) in [4.78, 5) is 11.6. The molecule has 2 rings (SSSR count). The molecule has 7 heteroatoms. The normalized spacial score (nSPS) is 10.3. The molecule has 0 bridgehead atoms. The van der Waals surface area contributed by atoms with Crippen molar-refractivity contribution in [3.63, 3.8) is 0 Å². The summed E-state index contributed by atoms with van der Waals surface area (Å²) in [6.45, 7) is 1.73. The lowest BCUT2D eigenvalue weighted by atomic mass is 10.3. The minimum Gasteiger partial charge on any atom is -0.482 e. The highest BCUT2D eigenvalue weighted by atomic mass is 35.5. The molecular formula is C12H10Cl2N2O2S. The van der Waals surface area contributed by atoms with E-state index < -0.39 is 0 Å². The predicted octanol–water partition coefficient (Wildman–Crippen LogP) is 3.78. The number of carbonyl (C=O) groups is 1. The van der Waals surface area contributed by atoms with Crippen molar-refractivity contribution < 1.29 is 9.53 Å². The third kappa shape index (κ3) is 4.09. The Bertz CT molecular complexity index is 601. The van der Waals surface area contributed by atoms with Crippen LogP contribution in [0.4, 0.5) is 5.00 Å². The van der Waals surface area contributed by atoms with E-state index in [0.717, 1.165) is 5.69 Å². The number of nitrogens with one attached hydrogen (secondary N) is 1. The number of nitrogens with zero attached hydrogens (tertiary/aromatic N) is 1. The van der Waals surface area contributed by atoms with Gasteiger partial charge >= 0.3 is 0 Å². The molecule has 19 heavy (non-hydrogen) atoms. The van der Waals surface area contributed by atoms with Crippen LogP contribution in [0.3, 0.4) is 0 Å². The predicted molar refractivity (Wildman–Crippen MR) is 77.4 cm³/mol. The zero-order chi connectivity index (χ0) is 13.8. The molecule has 0 fully saturated rings. The third-order valence-corrected chi connectivity index (χ3v) is 3.47. The summed E-state index contributed by atoms with van der Waals surface area (Å²) in [6.07, 6.45) is 0. The van der Waals surface area contributed by atoms with Crippen LogP contribution in [0.5, 0.6) is 5.75 Å². The molecule has 2 aromatic rings. The number of halogens is 2. The van der Waals surface area contributed by atoms with Crippen molar-refractivity contribution >= 4 is 45.6 Å². The fourth-order valence-electron chi connectivity index (χ4n) is 1.33. The van der Waals surface area contributed by atoms with Gasteiger partial charge in [0, 0.05) is 5.02 Å². The average Bonchev–Trinajstić information content (AvgIpc) is 2.73. The molecule has 1 amide bonds. The second kappa shape index (κ2) is 6.23. The first-order valence-electron chi connectivity index (χ1n) is 5.35. The zero-order valence-corrected chi connectivity index (χ0v) is 12.3. The van der Waals surface area contributed by atoms with E-state index in [2.05, 4.69) is 9.69 Å². The molecule has 0 aliphatic heterocycles. The molecule has 0 radical (unpaired) electrons. The molecule has 100 valence electrons. The quantitative estimate of drug-likeness (QED) is 0.934. The number of hydrogen-bond donors (Lipinski definition) is 1. The van der Waals surface area contributed by atoms with Gasteiger partial charge in [0.15, 0.2) is 6.61 Å². The van der Waals surface area contributed by atoms with Gasteiger partial charge in [-0.2, -0.15) is 4.37 Å². The summed E-state index contributed by atoms with van der Waals surface area (Å²) in [7, 11) is 0. The van der Waals surface area contributed by atoms with E-state index in [9.17, 15) is 4.79 Å². The molecule has 0 saturated heterocycles. The highest BCUT2D eigenvalue weighted by Gasteiger charge is 2.08. The molecule has 1 aromatic carbocycles. The van der Waals surface area contributed by atoms with Crippen molar-refractivity contribution in [2.75, 3.05) is 11.9 Å². The van der Waals surface area contributed by atoms with Crippen LogP contribution >= 0.6 is 34.7 Å². The van der Waals surface area contributed by atoms with E-state index in [1.165, 1.54) is 11.5 Å². The van der Waals surface area contributed by atoms with Crippen LogP contribution in [0.2, 0.25) is 10.0 Å². The topological polar surface area (TPSA) is 51.2 Å². The van der Waals surface area contributed by atoms with Gasteiger partial charge in [0.1, 0.15) is 10.8 Å². The summed E-state index contributed by atoms with van der Waals surface area (Å²) in [6, 6.07) is 6.61. The first-order chi connectivity index (χ1) is 9.04. The monoisotopic (exact) mass is 316 g/mol. The number of carbonyl (C=O) groups excluding carboxylic acids is 1. The van der Waals surface area contributed by atoms with E-state index in [1.807, 2.05) is 6.92 Å². The molecule has 1 heterocycles. The van der Waals surface area contributed by atoms with E-state index in [-0.39, 0.29) is 12.5 Å². The number of aryl methyl sites for hydroxylation is 1. The van der Waals surface area contributed by atoms with Crippen LogP contribution in [-0.2, 0) is 4.79 Å². The minimum atomic E-state index is -0.269. The third-order valence-electron chi connectivity index (χ3n) is 2.14. The van der Waals surface area contributed by atoms with Crippen LogP contribution in [-0.4, -0.2) is 16.9 Å². The van der Waals surface area contributed by atoms with Crippen LogP contribution < -0.4 is 10.1 Å². The van der Waals surface area contributed by atoms with Crippen LogP contribution in [0.1, 0.15) is 5.69 Å². The maximum absolute atomic E-state index is 11.6. The molecule has 1 aromatic heterocycles. The molecular weight excluding hydrogens is 307 g/mol. The van der Waals surface area contributed by atoms with Crippen molar-refractivity contribution in [1.82, 2.24) is 4.37 Å². The van der Waals surface area contributed by atoms with Crippen molar-refractivity contribution in [2.45, 2.75) is 6.92 Å². The highest BCUT2D eigenvalue weighted by Crippen LogP contribution is 2.27. The first kappa shape index (κ1) is 14.1. The smallest absolute Gasteiger partial charge is 0.262 e. The fourth-order valence-corrected chi connectivity index (χ4v) is 2.47. The van der Waals surface area contributed by atoms with Crippen LogP contribution in [0.15, 0.2) is 24.3 Å². The maximum atomic E-state index is 11.6. The number of amides is 1. The van der Waals surface area contributed by atoms with Gasteiger partial charge in [0.25, 0.3) is 5.91 Å². The van der Waals surface area contributed by atoms with Gasteiger partial charge in [0.05, 0.1) is 10.7 Å². The Labute approximate surface area is 124 Å². The largest absolute Gasteiger partial charge is 0.482 e. The first-order valence-corrected chi connectivity index (χ1v) is 6.88. The summed E-state index contributed by atoms with van der Waals surface area (Å²) in [5, 5.41) is 4.26. The van der Waals surface area contributed by atoms with Gasteiger partial charge in [-0.1, -0.05) is 23.2 Å². The van der Waals surface area contributed by atoms with Crippen molar-refractivity contribution in [1.29, 1.82) is 0 Å². The Balaban J connectivity index is 1.89. The second-order valence-corrected chi connectivity index (χ2v) is 5.39. The van der Waals surface area contributed by atoms with E-state index in [4.69, 9.17) is 27.9 Å². The number of ether oxygens (including phenoxy) is 1. The molecule has 1 N–H and O–H groups in total. The zero-order valence-electron chi connectivity index (χ0n) is 9.94. The average molecular weight is 317 g/mol. The van der Waals surface area contributed by atoms with Crippen molar-refractivity contribution in [3.8, 4) is 5.75 Å². The van der Waals surface area contributed by atoms with Gasteiger partial charge in [-0.25, -0.2) is 0 Å². The number of aromatic nitrogens is 1. The Morgan fingerprint density at radius 1 is 1.42 bits per heavy atom. The second-order valence-electron chi connectivity index (χ2n) is 3.74. The number of hydrogen-bond acceptors (Lipinski definition) is 4. The molecule has 0 spiro atoms. The molecule has 0 unspecified atom stereocenters. The van der Waals surface area contributed by atoms with Gasteiger partial charge in [-0.15, -0.1) is 0 Å². The fraction of sp³-hybridized carbons (Fsp3) is 0.167. The molecule has 0 aliphatic carbocycles.